The molecule has 25 heavy (non-hydrogen) atoms. The highest BCUT2D eigenvalue weighted by Crippen LogP contribution is 2.36. The van der Waals surface area contributed by atoms with E-state index >= 15 is 0 Å². The molecule has 8 heteroatoms. The fourth-order valence-electron chi connectivity index (χ4n) is 2.80. The average molecular weight is 363 g/mol. The number of sulfonamides is 1. The largest absolute Gasteiger partial charge is 0.507 e. The van der Waals surface area contributed by atoms with Crippen LogP contribution in [0.3, 0.4) is 0 Å². The van der Waals surface area contributed by atoms with Crippen LogP contribution in [0.1, 0.15) is 15.9 Å². The molecule has 0 atom stereocenters. The number of phenols is 1. The summed E-state index contributed by atoms with van der Waals surface area (Å²) in [6.07, 6.45) is 0.563. The summed E-state index contributed by atoms with van der Waals surface area (Å²) in [4.78, 5) is 11.6. The third kappa shape index (κ3) is 2.89. The van der Waals surface area contributed by atoms with Crippen molar-refractivity contribution < 1.29 is 27.8 Å². The van der Waals surface area contributed by atoms with Gasteiger partial charge in [-0.1, -0.05) is 0 Å². The van der Waals surface area contributed by atoms with Gasteiger partial charge in [0.25, 0.3) is 10.0 Å². The molecule has 0 spiro atoms. The number of methoxy groups -OCH3 is 2. The number of fused-ring (bicyclic) bond motifs is 1. The number of nitrogens with zero attached hydrogens (tertiary/aromatic N) is 1. The number of hydrogen-bond donors (Lipinski definition) is 1. The van der Waals surface area contributed by atoms with Crippen molar-refractivity contribution in [2.75, 3.05) is 25.1 Å². The van der Waals surface area contributed by atoms with E-state index in [1.807, 2.05) is 6.07 Å². The summed E-state index contributed by atoms with van der Waals surface area (Å²) >= 11 is 0. The predicted octanol–water partition coefficient (Wildman–Crippen LogP) is 1.94. The SMILES string of the molecule is COC(=O)c1cc(S(=O)(=O)N2CCc3cc(OC)ccc32)ccc1O. The third-order valence-electron chi connectivity index (χ3n) is 4.10. The molecule has 1 aliphatic heterocycles. The van der Waals surface area contributed by atoms with Crippen LogP contribution in [0.4, 0.5) is 5.69 Å². The van der Waals surface area contributed by atoms with E-state index in [1.165, 1.54) is 16.4 Å². The third-order valence-corrected chi connectivity index (χ3v) is 5.91. The lowest BCUT2D eigenvalue weighted by molar-refractivity contribution is 0.0597. The van der Waals surface area contributed by atoms with Crippen LogP contribution >= 0.6 is 0 Å². The van der Waals surface area contributed by atoms with Crippen LogP contribution in [-0.2, 0) is 21.2 Å². The lowest BCUT2D eigenvalue weighted by Crippen LogP contribution is -2.29. The highest BCUT2D eigenvalue weighted by atomic mass is 32.2. The summed E-state index contributed by atoms with van der Waals surface area (Å²) < 4.78 is 37.0. The maximum Gasteiger partial charge on any atom is 0.341 e. The molecule has 0 aromatic heterocycles. The minimum Gasteiger partial charge on any atom is -0.507 e. The first kappa shape index (κ1) is 17.1. The molecule has 1 heterocycles. The van der Waals surface area contributed by atoms with Crippen molar-refractivity contribution >= 4 is 21.7 Å². The summed E-state index contributed by atoms with van der Waals surface area (Å²) in [5, 5.41) is 9.76. The van der Waals surface area contributed by atoms with Crippen molar-refractivity contribution in [3.63, 3.8) is 0 Å². The molecule has 1 aliphatic rings. The van der Waals surface area contributed by atoms with Gasteiger partial charge in [0, 0.05) is 6.54 Å². The number of carbonyl (C=O) groups excluding carboxylic acids is 1. The summed E-state index contributed by atoms with van der Waals surface area (Å²) in [7, 11) is -1.17. The number of hydrogen-bond acceptors (Lipinski definition) is 6. The van der Waals surface area contributed by atoms with Crippen LogP contribution in [0, 0.1) is 0 Å². The Morgan fingerprint density at radius 2 is 1.92 bits per heavy atom. The Hall–Kier alpha value is -2.74. The van der Waals surface area contributed by atoms with E-state index in [4.69, 9.17) is 4.74 Å². The zero-order chi connectivity index (χ0) is 18.2. The number of anilines is 1. The van der Waals surface area contributed by atoms with Crippen LogP contribution in [0.25, 0.3) is 0 Å². The van der Waals surface area contributed by atoms with Crippen molar-refractivity contribution in [3.05, 3.63) is 47.5 Å². The van der Waals surface area contributed by atoms with E-state index < -0.39 is 16.0 Å². The predicted molar refractivity (Wildman–Crippen MR) is 90.7 cm³/mol. The Balaban J connectivity index is 2.03. The molecular formula is C17H17NO6S. The van der Waals surface area contributed by atoms with E-state index in [9.17, 15) is 18.3 Å². The van der Waals surface area contributed by atoms with Gasteiger partial charge in [0.2, 0.25) is 0 Å². The van der Waals surface area contributed by atoms with E-state index in [0.29, 0.717) is 24.4 Å². The monoisotopic (exact) mass is 363 g/mol. The average Bonchev–Trinajstić information content (AvgIpc) is 3.05. The van der Waals surface area contributed by atoms with Crippen molar-refractivity contribution in [3.8, 4) is 11.5 Å². The van der Waals surface area contributed by atoms with Gasteiger partial charge in [-0.15, -0.1) is 0 Å². The molecule has 7 nitrogen and oxygen atoms in total. The van der Waals surface area contributed by atoms with Crippen molar-refractivity contribution in [1.29, 1.82) is 0 Å². The minimum absolute atomic E-state index is 0.0885. The van der Waals surface area contributed by atoms with Crippen LogP contribution in [0.15, 0.2) is 41.3 Å². The zero-order valence-corrected chi connectivity index (χ0v) is 14.5. The molecule has 132 valence electrons. The molecule has 3 rings (SSSR count). The van der Waals surface area contributed by atoms with Gasteiger partial charge in [0.1, 0.15) is 17.1 Å². The second-order valence-electron chi connectivity index (χ2n) is 5.49. The molecule has 0 saturated carbocycles. The van der Waals surface area contributed by atoms with Gasteiger partial charge < -0.3 is 14.6 Å². The molecular weight excluding hydrogens is 346 g/mol. The number of rotatable bonds is 4. The fourth-order valence-corrected chi connectivity index (χ4v) is 4.33. The minimum atomic E-state index is -3.88. The number of benzene rings is 2. The smallest absolute Gasteiger partial charge is 0.341 e. The molecule has 0 amide bonds. The van der Waals surface area contributed by atoms with Gasteiger partial charge in [-0.25, -0.2) is 13.2 Å². The maximum absolute atomic E-state index is 13.0. The van der Waals surface area contributed by atoms with Crippen LogP contribution in [0.2, 0.25) is 0 Å². The first-order chi connectivity index (χ1) is 11.9. The second-order valence-corrected chi connectivity index (χ2v) is 7.35. The Morgan fingerprint density at radius 3 is 2.60 bits per heavy atom. The molecule has 0 radical (unpaired) electrons. The number of ether oxygens (including phenoxy) is 2. The van der Waals surface area contributed by atoms with Crippen molar-refractivity contribution in [2.24, 2.45) is 0 Å². The molecule has 0 saturated heterocycles. The Bertz CT molecular complexity index is 938. The van der Waals surface area contributed by atoms with E-state index in [-0.39, 0.29) is 16.2 Å². The number of phenolic OH excluding ortho intramolecular Hbond substituents is 1. The molecule has 2 aromatic carbocycles. The Labute approximate surface area is 145 Å². The summed E-state index contributed by atoms with van der Waals surface area (Å²) in [6, 6.07) is 8.76. The highest BCUT2D eigenvalue weighted by Gasteiger charge is 2.32. The van der Waals surface area contributed by atoms with Gasteiger partial charge in [-0.05, 0) is 48.4 Å². The van der Waals surface area contributed by atoms with Gasteiger partial charge in [0.05, 0.1) is 24.8 Å². The Morgan fingerprint density at radius 1 is 1.16 bits per heavy atom. The van der Waals surface area contributed by atoms with Crippen LogP contribution in [-0.4, -0.2) is 40.3 Å². The van der Waals surface area contributed by atoms with Crippen molar-refractivity contribution in [1.82, 2.24) is 0 Å². The summed E-state index contributed by atoms with van der Waals surface area (Å²) in [6.45, 7) is 0.291. The first-order valence-corrected chi connectivity index (χ1v) is 8.93. The van der Waals surface area contributed by atoms with Gasteiger partial charge in [0.15, 0.2) is 0 Å². The van der Waals surface area contributed by atoms with E-state index in [1.54, 1.807) is 19.2 Å². The molecule has 0 aliphatic carbocycles. The quantitative estimate of drug-likeness (QED) is 0.835. The number of carbonyl (C=O) groups is 1. The van der Waals surface area contributed by atoms with E-state index in [0.717, 1.165) is 18.7 Å². The second kappa shape index (κ2) is 6.29. The highest BCUT2D eigenvalue weighted by molar-refractivity contribution is 7.92. The summed E-state index contributed by atoms with van der Waals surface area (Å²) in [5.74, 6) is -0.478. The maximum atomic E-state index is 13.0. The van der Waals surface area contributed by atoms with Gasteiger partial charge in [-0.3, -0.25) is 4.31 Å². The molecule has 1 N–H and O–H groups in total. The first-order valence-electron chi connectivity index (χ1n) is 7.49. The normalized spacial score (nSPS) is 13.4. The lowest BCUT2D eigenvalue weighted by Gasteiger charge is -2.20. The number of aromatic hydroxyl groups is 1. The number of esters is 1. The lowest BCUT2D eigenvalue weighted by atomic mass is 10.1. The van der Waals surface area contributed by atoms with Crippen LogP contribution in [0.5, 0.6) is 11.5 Å². The van der Waals surface area contributed by atoms with Crippen LogP contribution < -0.4 is 9.04 Å². The van der Waals surface area contributed by atoms with E-state index in [2.05, 4.69) is 4.74 Å². The standard InChI is InChI=1S/C17H17NO6S/c1-23-12-3-5-15-11(9-12)7-8-18(15)25(21,22)13-4-6-16(19)14(10-13)17(20)24-2/h3-6,9-10,19H,7-8H2,1-2H3. The van der Waals surface area contributed by atoms with Gasteiger partial charge in [-0.2, -0.15) is 0 Å². The molecule has 0 bridgehead atoms. The van der Waals surface area contributed by atoms with Crippen molar-refractivity contribution in [2.45, 2.75) is 11.3 Å². The Kier molecular flexibility index (Phi) is 4.30. The summed E-state index contributed by atoms with van der Waals surface area (Å²) in [5.41, 5.74) is 1.25. The zero-order valence-electron chi connectivity index (χ0n) is 13.7. The van der Waals surface area contributed by atoms with Gasteiger partial charge >= 0.3 is 5.97 Å². The molecule has 0 fully saturated rings. The fraction of sp³-hybridized carbons (Fsp3) is 0.235. The molecule has 2 aromatic rings. The molecule has 0 unspecified atom stereocenters. The topological polar surface area (TPSA) is 93.1 Å².